The van der Waals surface area contributed by atoms with E-state index in [0.29, 0.717) is 0 Å². The fraction of sp³-hybridized carbons (Fsp3) is 0.250. The van der Waals surface area contributed by atoms with Crippen LogP contribution in [0.2, 0.25) is 0 Å². The van der Waals surface area contributed by atoms with Crippen LogP contribution >= 0.6 is 0 Å². The zero-order valence-corrected chi connectivity index (χ0v) is 7.83. The van der Waals surface area contributed by atoms with Crippen LogP contribution in [0, 0.1) is 6.92 Å². The van der Waals surface area contributed by atoms with Crippen molar-refractivity contribution in [3.05, 3.63) is 41.5 Å². The van der Waals surface area contributed by atoms with Crippen LogP contribution < -0.4 is 0 Å². The van der Waals surface area contributed by atoms with Gasteiger partial charge in [0.05, 0.1) is 5.70 Å². The molecule has 1 nitrogen and oxygen atoms in total. The van der Waals surface area contributed by atoms with E-state index in [1.54, 1.807) is 0 Å². The Kier molecular flexibility index (Phi) is 2.26. The molecule has 1 heteroatoms. The highest BCUT2D eigenvalue weighted by atomic mass is 14.7. The Morgan fingerprint density at radius 2 is 2.15 bits per heavy atom. The van der Waals surface area contributed by atoms with Gasteiger partial charge in [0, 0.05) is 11.8 Å². The highest BCUT2D eigenvalue weighted by molar-refractivity contribution is 5.76. The van der Waals surface area contributed by atoms with Gasteiger partial charge in [0.15, 0.2) is 0 Å². The lowest BCUT2D eigenvalue weighted by molar-refractivity contribution is 1.09. The Balaban J connectivity index is 2.35. The molecule has 0 aliphatic carbocycles. The van der Waals surface area contributed by atoms with Crippen LogP contribution in [0.3, 0.4) is 0 Å². The maximum absolute atomic E-state index is 4.38. The van der Waals surface area contributed by atoms with Gasteiger partial charge in [-0.1, -0.05) is 29.8 Å². The molecule has 0 N–H and O–H groups in total. The average molecular weight is 171 g/mol. The van der Waals surface area contributed by atoms with Crippen molar-refractivity contribution in [3.8, 4) is 0 Å². The van der Waals surface area contributed by atoms with Crippen molar-refractivity contribution < 1.29 is 0 Å². The Morgan fingerprint density at radius 1 is 1.23 bits per heavy atom. The molecule has 1 aromatic carbocycles. The van der Waals surface area contributed by atoms with Gasteiger partial charge in [-0.3, -0.25) is 4.99 Å². The summed E-state index contributed by atoms with van der Waals surface area (Å²) < 4.78 is 0. The van der Waals surface area contributed by atoms with Gasteiger partial charge in [-0.25, -0.2) is 0 Å². The fourth-order valence-electron chi connectivity index (χ4n) is 1.51. The fourth-order valence-corrected chi connectivity index (χ4v) is 1.51. The molecule has 0 saturated carbocycles. The molecule has 13 heavy (non-hydrogen) atoms. The Hall–Kier alpha value is -1.37. The lowest BCUT2D eigenvalue weighted by atomic mass is 10.1. The average Bonchev–Trinajstić information content (AvgIpc) is 2.19. The molecule has 0 spiro atoms. The van der Waals surface area contributed by atoms with E-state index in [-0.39, 0.29) is 0 Å². The molecule has 1 heterocycles. The van der Waals surface area contributed by atoms with Crippen LogP contribution in [0.1, 0.15) is 24.0 Å². The van der Waals surface area contributed by atoms with Gasteiger partial charge in [-0.15, -0.1) is 0 Å². The molecule has 1 aromatic rings. The number of rotatable bonds is 1. The predicted molar refractivity (Wildman–Crippen MR) is 56.9 cm³/mol. The summed E-state index contributed by atoms with van der Waals surface area (Å²) in [4.78, 5) is 4.38. The van der Waals surface area contributed by atoms with Crippen molar-refractivity contribution >= 4 is 11.9 Å². The normalized spacial score (nSPS) is 15.6. The summed E-state index contributed by atoms with van der Waals surface area (Å²) >= 11 is 0. The number of hydrogen-bond donors (Lipinski definition) is 0. The molecule has 0 saturated heterocycles. The number of nitrogens with zero attached hydrogens (tertiary/aromatic N) is 1. The first-order chi connectivity index (χ1) is 6.36. The molecular weight excluding hydrogens is 158 g/mol. The summed E-state index contributed by atoms with van der Waals surface area (Å²) in [6, 6.07) is 8.47. The molecule has 0 unspecified atom stereocenters. The Bertz CT molecular complexity index is 361. The van der Waals surface area contributed by atoms with E-state index in [0.717, 1.165) is 18.5 Å². The lowest BCUT2D eigenvalue weighted by Gasteiger charge is -2.06. The molecule has 0 radical (unpaired) electrons. The number of aryl methyl sites for hydroxylation is 1. The van der Waals surface area contributed by atoms with Gasteiger partial charge in [-0.2, -0.15) is 0 Å². The molecule has 2 rings (SSSR count). The smallest absolute Gasteiger partial charge is 0.0658 e. The van der Waals surface area contributed by atoms with Crippen molar-refractivity contribution in [1.82, 2.24) is 0 Å². The third-order valence-corrected chi connectivity index (χ3v) is 2.18. The van der Waals surface area contributed by atoms with Gasteiger partial charge < -0.3 is 0 Å². The monoisotopic (exact) mass is 171 g/mol. The zero-order chi connectivity index (χ0) is 9.10. The second kappa shape index (κ2) is 3.56. The second-order valence-electron chi connectivity index (χ2n) is 3.35. The first-order valence-electron chi connectivity index (χ1n) is 4.66. The van der Waals surface area contributed by atoms with Crippen LogP contribution in [0.15, 0.2) is 35.3 Å². The largest absolute Gasteiger partial charge is 0.261 e. The molecule has 0 atom stereocenters. The summed E-state index contributed by atoms with van der Waals surface area (Å²) in [6.07, 6.45) is 6.40. The minimum Gasteiger partial charge on any atom is -0.261 e. The SMILES string of the molecule is Cc1cccc(C2=CCCC=N2)c1. The van der Waals surface area contributed by atoms with Gasteiger partial charge in [0.2, 0.25) is 0 Å². The van der Waals surface area contributed by atoms with Crippen molar-refractivity contribution in [3.63, 3.8) is 0 Å². The van der Waals surface area contributed by atoms with Crippen molar-refractivity contribution in [1.29, 1.82) is 0 Å². The second-order valence-corrected chi connectivity index (χ2v) is 3.35. The molecule has 0 aromatic heterocycles. The van der Waals surface area contributed by atoms with E-state index in [2.05, 4.69) is 42.3 Å². The highest BCUT2D eigenvalue weighted by Gasteiger charge is 2.01. The van der Waals surface area contributed by atoms with E-state index in [9.17, 15) is 0 Å². The molecule has 1 aliphatic heterocycles. The van der Waals surface area contributed by atoms with Crippen molar-refractivity contribution in [2.75, 3.05) is 0 Å². The standard InChI is InChI=1S/C12H13N/c1-10-5-4-6-11(9-10)12-7-2-3-8-13-12/h4-9H,2-3H2,1H3. The van der Waals surface area contributed by atoms with Gasteiger partial charge in [0.25, 0.3) is 0 Å². The summed E-state index contributed by atoms with van der Waals surface area (Å²) in [5.74, 6) is 0. The molecule has 66 valence electrons. The number of aliphatic imine (C=N–C) groups is 1. The van der Waals surface area contributed by atoms with Gasteiger partial charge in [0.1, 0.15) is 0 Å². The van der Waals surface area contributed by atoms with Crippen LogP contribution in [-0.2, 0) is 0 Å². The number of allylic oxidation sites excluding steroid dienone is 1. The van der Waals surface area contributed by atoms with Gasteiger partial charge >= 0.3 is 0 Å². The highest BCUT2D eigenvalue weighted by Crippen LogP contribution is 2.20. The Morgan fingerprint density at radius 3 is 2.85 bits per heavy atom. The van der Waals surface area contributed by atoms with E-state index >= 15 is 0 Å². The number of benzene rings is 1. The zero-order valence-electron chi connectivity index (χ0n) is 7.83. The molecule has 1 aliphatic rings. The van der Waals surface area contributed by atoms with E-state index in [1.807, 2.05) is 6.21 Å². The third kappa shape index (κ3) is 1.86. The molecular formula is C12H13N. The van der Waals surface area contributed by atoms with E-state index in [4.69, 9.17) is 0 Å². The van der Waals surface area contributed by atoms with Crippen molar-refractivity contribution in [2.24, 2.45) is 4.99 Å². The summed E-state index contributed by atoms with van der Waals surface area (Å²) in [7, 11) is 0. The van der Waals surface area contributed by atoms with Crippen LogP contribution in [0.4, 0.5) is 0 Å². The first kappa shape index (κ1) is 8.24. The summed E-state index contributed by atoms with van der Waals surface area (Å²) in [6.45, 7) is 2.11. The molecule has 0 bridgehead atoms. The lowest BCUT2D eigenvalue weighted by Crippen LogP contribution is -1.89. The minimum atomic E-state index is 1.08. The van der Waals surface area contributed by atoms with Crippen LogP contribution in [-0.4, -0.2) is 6.21 Å². The maximum Gasteiger partial charge on any atom is 0.0658 e. The van der Waals surface area contributed by atoms with Crippen LogP contribution in [0.25, 0.3) is 5.70 Å². The topological polar surface area (TPSA) is 12.4 Å². The first-order valence-corrected chi connectivity index (χ1v) is 4.66. The summed E-state index contributed by atoms with van der Waals surface area (Å²) in [5, 5.41) is 0. The van der Waals surface area contributed by atoms with Crippen molar-refractivity contribution in [2.45, 2.75) is 19.8 Å². The van der Waals surface area contributed by atoms with E-state index in [1.165, 1.54) is 11.1 Å². The van der Waals surface area contributed by atoms with Gasteiger partial charge in [-0.05, 0) is 25.8 Å². The van der Waals surface area contributed by atoms with Crippen LogP contribution in [0.5, 0.6) is 0 Å². The summed E-state index contributed by atoms with van der Waals surface area (Å²) in [5.41, 5.74) is 3.64. The minimum absolute atomic E-state index is 1.08. The third-order valence-electron chi connectivity index (χ3n) is 2.18. The Labute approximate surface area is 78.8 Å². The van der Waals surface area contributed by atoms with E-state index < -0.39 is 0 Å². The predicted octanol–water partition coefficient (Wildman–Crippen LogP) is 3.20. The quantitative estimate of drug-likeness (QED) is 0.615. The maximum atomic E-state index is 4.38. The number of hydrogen-bond acceptors (Lipinski definition) is 1. The molecule has 0 fully saturated rings. The molecule has 0 amide bonds.